The summed E-state index contributed by atoms with van der Waals surface area (Å²) in [6.45, 7) is 0. The first-order chi connectivity index (χ1) is 9.65. The minimum absolute atomic E-state index is 0.0779. The predicted octanol–water partition coefficient (Wildman–Crippen LogP) is 0.617. The lowest BCUT2D eigenvalue weighted by Crippen LogP contribution is -2.15. The minimum atomic E-state index is -1.06. The van der Waals surface area contributed by atoms with E-state index in [9.17, 15) is 9.59 Å². The van der Waals surface area contributed by atoms with Gasteiger partial charge in [0.05, 0.1) is 12.4 Å². The smallest absolute Gasteiger partial charge is 0.328 e. The lowest BCUT2D eigenvalue weighted by atomic mass is 10.2. The van der Waals surface area contributed by atoms with Gasteiger partial charge in [-0.25, -0.2) is 9.78 Å². The number of carboxylic acids is 1. The molecule has 20 heavy (non-hydrogen) atoms. The molecular formula is C12H9N5O3. The van der Waals surface area contributed by atoms with Crippen molar-refractivity contribution < 1.29 is 14.7 Å². The monoisotopic (exact) mass is 271 g/mol. The molecule has 0 radical (unpaired) electrons. The summed E-state index contributed by atoms with van der Waals surface area (Å²) in [6.07, 6.45) is 6.53. The number of rotatable bonds is 4. The van der Waals surface area contributed by atoms with Crippen LogP contribution in [0.4, 0.5) is 5.95 Å². The molecule has 2 N–H and O–H groups in total. The van der Waals surface area contributed by atoms with Gasteiger partial charge in [-0.1, -0.05) is 6.07 Å². The number of carbonyl (C=O) groups excluding carboxylic acids is 1. The Labute approximate surface area is 113 Å². The Morgan fingerprint density at radius 1 is 1.20 bits per heavy atom. The second kappa shape index (κ2) is 6.14. The van der Waals surface area contributed by atoms with Gasteiger partial charge in [-0.05, 0) is 17.7 Å². The molecule has 8 heteroatoms. The third-order valence-electron chi connectivity index (χ3n) is 2.15. The molecule has 0 aromatic carbocycles. The number of hydrogen-bond acceptors (Lipinski definition) is 6. The molecule has 0 aliphatic heterocycles. The summed E-state index contributed by atoms with van der Waals surface area (Å²) in [6, 6.07) is 3.04. The number of anilines is 1. The molecule has 0 fully saturated rings. The van der Waals surface area contributed by atoms with E-state index in [4.69, 9.17) is 5.11 Å². The van der Waals surface area contributed by atoms with Gasteiger partial charge in [0.15, 0.2) is 0 Å². The van der Waals surface area contributed by atoms with Crippen molar-refractivity contribution in [3.63, 3.8) is 0 Å². The largest absolute Gasteiger partial charge is 0.478 e. The zero-order valence-corrected chi connectivity index (χ0v) is 10.1. The first-order valence-corrected chi connectivity index (χ1v) is 5.47. The Balaban J connectivity index is 2.06. The lowest BCUT2D eigenvalue weighted by molar-refractivity contribution is -0.131. The highest BCUT2D eigenvalue weighted by molar-refractivity contribution is 6.01. The molecule has 0 aliphatic rings. The summed E-state index contributed by atoms with van der Waals surface area (Å²) in [5.41, 5.74) is 0.728. The topological polar surface area (TPSA) is 118 Å². The SMILES string of the molecule is O=C(O)/C=C/c1ccc(C(=O)Nc2nccnn2)nc1. The molecule has 0 unspecified atom stereocenters. The average Bonchev–Trinajstić information content (AvgIpc) is 2.46. The highest BCUT2D eigenvalue weighted by Gasteiger charge is 2.08. The van der Waals surface area contributed by atoms with Crippen LogP contribution in [-0.4, -0.2) is 37.1 Å². The normalized spacial score (nSPS) is 10.4. The molecule has 0 saturated heterocycles. The highest BCUT2D eigenvalue weighted by Crippen LogP contribution is 2.04. The van der Waals surface area contributed by atoms with Crippen molar-refractivity contribution in [3.8, 4) is 0 Å². The average molecular weight is 271 g/mol. The van der Waals surface area contributed by atoms with Crippen LogP contribution in [0.3, 0.4) is 0 Å². The summed E-state index contributed by atoms with van der Waals surface area (Å²) >= 11 is 0. The number of hydrogen-bond donors (Lipinski definition) is 2. The van der Waals surface area contributed by atoms with Crippen molar-refractivity contribution in [1.29, 1.82) is 0 Å². The molecule has 8 nitrogen and oxygen atoms in total. The molecule has 2 rings (SSSR count). The quantitative estimate of drug-likeness (QED) is 0.782. The van der Waals surface area contributed by atoms with E-state index in [1.54, 1.807) is 6.07 Å². The lowest BCUT2D eigenvalue weighted by Gasteiger charge is -2.01. The standard InChI is InChI=1S/C12H9N5O3/c18-10(19)4-2-8-1-3-9(14-7-8)11(20)16-12-13-5-6-15-17-12/h1-7H,(H,18,19)(H,13,16,17,20)/b4-2+. The van der Waals surface area contributed by atoms with Gasteiger partial charge in [0, 0.05) is 12.3 Å². The fourth-order valence-corrected chi connectivity index (χ4v) is 1.28. The number of pyridine rings is 1. The van der Waals surface area contributed by atoms with Gasteiger partial charge in [-0.15, -0.1) is 5.10 Å². The number of carbonyl (C=O) groups is 2. The van der Waals surface area contributed by atoms with Gasteiger partial charge in [0.2, 0.25) is 5.95 Å². The molecule has 0 aliphatic carbocycles. The van der Waals surface area contributed by atoms with Gasteiger partial charge < -0.3 is 5.11 Å². The number of nitrogens with zero attached hydrogens (tertiary/aromatic N) is 4. The van der Waals surface area contributed by atoms with E-state index >= 15 is 0 Å². The maximum absolute atomic E-state index is 11.8. The fourth-order valence-electron chi connectivity index (χ4n) is 1.28. The second-order valence-corrected chi connectivity index (χ2v) is 3.57. The number of carboxylic acid groups (broad SMARTS) is 1. The molecule has 0 saturated carbocycles. The Morgan fingerprint density at radius 2 is 2.05 bits per heavy atom. The maximum Gasteiger partial charge on any atom is 0.328 e. The van der Waals surface area contributed by atoms with E-state index in [0.29, 0.717) is 5.56 Å². The van der Waals surface area contributed by atoms with Crippen LogP contribution in [0.2, 0.25) is 0 Å². The van der Waals surface area contributed by atoms with Crippen molar-refractivity contribution in [3.05, 3.63) is 48.1 Å². The Bertz CT molecular complexity index is 640. The van der Waals surface area contributed by atoms with Crippen LogP contribution in [0.15, 0.2) is 36.8 Å². The predicted molar refractivity (Wildman–Crippen MR) is 68.7 cm³/mol. The van der Waals surface area contributed by atoms with Crippen LogP contribution >= 0.6 is 0 Å². The van der Waals surface area contributed by atoms with Gasteiger partial charge in [-0.2, -0.15) is 5.10 Å². The van der Waals surface area contributed by atoms with E-state index in [1.165, 1.54) is 30.7 Å². The van der Waals surface area contributed by atoms with E-state index in [0.717, 1.165) is 6.08 Å². The fraction of sp³-hybridized carbons (Fsp3) is 0. The van der Waals surface area contributed by atoms with Crippen LogP contribution in [0.5, 0.6) is 0 Å². The first kappa shape index (κ1) is 13.3. The third-order valence-corrected chi connectivity index (χ3v) is 2.15. The van der Waals surface area contributed by atoms with Crippen molar-refractivity contribution >= 4 is 23.9 Å². The molecule has 0 spiro atoms. The molecule has 2 aromatic rings. The summed E-state index contributed by atoms with van der Waals surface area (Å²) in [5, 5.41) is 18.1. The van der Waals surface area contributed by atoms with Crippen molar-refractivity contribution in [2.45, 2.75) is 0 Å². The molecule has 2 heterocycles. The minimum Gasteiger partial charge on any atom is -0.478 e. The summed E-state index contributed by atoms with van der Waals surface area (Å²) < 4.78 is 0. The molecule has 1 amide bonds. The number of nitrogens with one attached hydrogen (secondary N) is 1. The van der Waals surface area contributed by atoms with Crippen LogP contribution < -0.4 is 5.32 Å². The van der Waals surface area contributed by atoms with Crippen molar-refractivity contribution in [2.75, 3.05) is 5.32 Å². The van der Waals surface area contributed by atoms with Gasteiger partial charge in [0.1, 0.15) is 5.69 Å². The van der Waals surface area contributed by atoms with E-state index in [-0.39, 0.29) is 11.6 Å². The van der Waals surface area contributed by atoms with E-state index in [1.807, 2.05) is 0 Å². The van der Waals surface area contributed by atoms with Gasteiger partial charge in [-0.3, -0.25) is 15.1 Å². The zero-order chi connectivity index (χ0) is 14.4. The Kier molecular flexibility index (Phi) is 4.07. The van der Waals surface area contributed by atoms with Crippen LogP contribution in [0, 0.1) is 0 Å². The van der Waals surface area contributed by atoms with Gasteiger partial charge in [0.25, 0.3) is 5.91 Å². The molecule has 2 aromatic heterocycles. The molecular weight excluding hydrogens is 262 g/mol. The number of amides is 1. The van der Waals surface area contributed by atoms with Gasteiger partial charge >= 0.3 is 5.97 Å². The van der Waals surface area contributed by atoms with Crippen molar-refractivity contribution in [1.82, 2.24) is 20.2 Å². The first-order valence-electron chi connectivity index (χ1n) is 5.47. The van der Waals surface area contributed by atoms with E-state index in [2.05, 4.69) is 25.5 Å². The van der Waals surface area contributed by atoms with Crippen molar-refractivity contribution in [2.24, 2.45) is 0 Å². The molecule has 100 valence electrons. The second-order valence-electron chi connectivity index (χ2n) is 3.57. The van der Waals surface area contributed by atoms with Crippen LogP contribution in [0.25, 0.3) is 6.08 Å². The van der Waals surface area contributed by atoms with Crippen LogP contribution in [-0.2, 0) is 4.79 Å². The third kappa shape index (κ3) is 3.67. The Hall–Kier alpha value is -3.16. The summed E-state index contributed by atoms with van der Waals surface area (Å²) in [4.78, 5) is 29.9. The summed E-state index contributed by atoms with van der Waals surface area (Å²) in [7, 11) is 0. The number of aromatic nitrogens is 4. The zero-order valence-electron chi connectivity index (χ0n) is 10.1. The number of aliphatic carboxylic acids is 1. The summed E-state index contributed by atoms with van der Waals surface area (Å²) in [5.74, 6) is -1.46. The van der Waals surface area contributed by atoms with E-state index < -0.39 is 11.9 Å². The highest BCUT2D eigenvalue weighted by atomic mass is 16.4. The molecule has 0 bridgehead atoms. The molecule has 0 atom stereocenters. The maximum atomic E-state index is 11.8. The Morgan fingerprint density at radius 3 is 2.65 bits per heavy atom. The van der Waals surface area contributed by atoms with Crippen LogP contribution in [0.1, 0.15) is 16.1 Å².